The summed E-state index contributed by atoms with van der Waals surface area (Å²) < 4.78 is 1.16. The first kappa shape index (κ1) is 18.7. The van der Waals surface area contributed by atoms with E-state index in [4.69, 9.17) is 0 Å². The summed E-state index contributed by atoms with van der Waals surface area (Å²) in [4.78, 5) is 14.9. The van der Waals surface area contributed by atoms with Gasteiger partial charge in [-0.1, -0.05) is 13.0 Å². The van der Waals surface area contributed by atoms with Crippen molar-refractivity contribution in [1.82, 2.24) is 10.2 Å². The van der Waals surface area contributed by atoms with Crippen LogP contribution in [0.1, 0.15) is 42.1 Å². The Morgan fingerprint density at radius 1 is 1.38 bits per heavy atom. The SMILES string of the molecule is CCCN(C(=O)c1ccc(C)c(I)c1)C1CCNCC1.Cl. The monoisotopic (exact) mass is 422 g/mol. The van der Waals surface area contributed by atoms with E-state index in [1.165, 1.54) is 5.56 Å². The van der Waals surface area contributed by atoms with Crippen molar-refractivity contribution >= 4 is 40.9 Å². The van der Waals surface area contributed by atoms with Crippen LogP contribution in [-0.2, 0) is 0 Å². The molecule has 1 aliphatic heterocycles. The highest BCUT2D eigenvalue weighted by Gasteiger charge is 2.25. The molecule has 5 heteroatoms. The predicted molar refractivity (Wildman–Crippen MR) is 98.4 cm³/mol. The number of piperidine rings is 1. The van der Waals surface area contributed by atoms with E-state index in [1.54, 1.807) is 0 Å². The maximum absolute atomic E-state index is 12.8. The summed E-state index contributed by atoms with van der Waals surface area (Å²) in [6.45, 7) is 7.11. The number of hydrogen-bond acceptors (Lipinski definition) is 2. The number of benzene rings is 1. The molecule has 1 aromatic carbocycles. The molecule has 21 heavy (non-hydrogen) atoms. The average Bonchev–Trinajstić information content (AvgIpc) is 2.48. The lowest BCUT2D eigenvalue weighted by molar-refractivity contribution is 0.0642. The molecule has 0 aliphatic carbocycles. The third-order valence-electron chi connectivity index (χ3n) is 3.89. The van der Waals surface area contributed by atoms with Gasteiger partial charge in [-0.25, -0.2) is 0 Å². The van der Waals surface area contributed by atoms with Gasteiger partial charge in [0.05, 0.1) is 0 Å². The molecule has 0 bridgehead atoms. The summed E-state index contributed by atoms with van der Waals surface area (Å²) in [5, 5.41) is 3.37. The standard InChI is InChI=1S/C16H23IN2O.ClH/c1-3-10-19(14-6-8-18-9-7-14)16(20)13-5-4-12(2)15(17)11-13;/h4-5,11,14,18H,3,6-10H2,1-2H3;1H. The maximum atomic E-state index is 12.8. The summed E-state index contributed by atoms with van der Waals surface area (Å²) >= 11 is 2.30. The number of carbonyl (C=O) groups excluding carboxylic acids is 1. The normalized spacial score (nSPS) is 15.4. The molecule has 1 heterocycles. The van der Waals surface area contributed by atoms with Gasteiger partial charge in [0.15, 0.2) is 0 Å². The van der Waals surface area contributed by atoms with Crippen molar-refractivity contribution in [3.05, 3.63) is 32.9 Å². The first-order valence-electron chi connectivity index (χ1n) is 7.41. The molecule has 3 nitrogen and oxygen atoms in total. The lowest BCUT2D eigenvalue weighted by Crippen LogP contribution is -2.46. The second kappa shape index (κ2) is 8.96. The van der Waals surface area contributed by atoms with Crippen LogP contribution in [0.2, 0.25) is 0 Å². The molecule has 1 saturated heterocycles. The van der Waals surface area contributed by atoms with Crippen molar-refractivity contribution < 1.29 is 4.79 Å². The van der Waals surface area contributed by atoms with Gasteiger partial charge in [-0.05, 0) is 79.6 Å². The molecule has 1 fully saturated rings. The Bertz CT molecular complexity index is 475. The Hall–Kier alpha value is -0.330. The summed E-state index contributed by atoms with van der Waals surface area (Å²) in [5.74, 6) is 0.191. The van der Waals surface area contributed by atoms with Crippen LogP contribution in [-0.4, -0.2) is 36.5 Å². The van der Waals surface area contributed by atoms with E-state index in [0.717, 1.165) is 48.0 Å². The molecule has 0 unspecified atom stereocenters. The van der Waals surface area contributed by atoms with E-state index in [9.17, 15) is 4.79 Å². The Kier molecular flexibility index (Phi) is 7.98. The molecule has 2 rings (SSSR count). The molecule has 1 aromatic rings. The van der Waals surface area contributed by atoms with Gasteiger partial charge in [0.1, 0.15) is 0 Å². The van der Waals surface area contributed by atoms with Crippen molar-refractivity contribution in [3.63, 3.8) is 0 Å². The molecule has 1 N–H and O–H groups in total. The molecule has 118 valence electrons. The van der Waals surface area contributed by atoms with Gasteiger partial charge in [-0.15, -0.1) is 12.4 Å². The lowest BCUT2D eigenvalue weighted by atomic mass is 10.0. The predicted octanol–water partition coefficient (Wildman–Crippen LogP) is 3.63. The molecular weight excluding hydrogens is 399 g/mol. The smallest absolute Gasteiger partial charge is 0.254 e. The fourth-order valence-corrected chi connectivity index (χ4v) is 3.22. The summed E-state index contributed by atoms with van der Waals surface area (Å²) in [6.07, 6.45) is 3.14. The Morgan fingerprint density at radius 3 is 2.62 bits per heavy atom. The minimum atomic E-state index is 0. The second-order valence-corrected chi connectivity index (χ2v) is 6.61. The molecule has 0 spiro atoms. The van der Waals surface area contributed by atoms with Crippen molar-refractivity contribution in [1.29, 1.82) is 0 Å². The molecule has 0 atom stereocenters. The minimum absolute atomic E-state index is 0. The molecule has 0 aromatic heterocycles. The number of amides is 1. The number of hydrogen-bond donors (Lipinski definition) is 1. The largest absolute Gasteiger partial charge is 0.336 e. The van der Waals surface area contributed by atoms with Crippen molar-refractivity contribution in [3.8, 4) is 0 Å². The van der Waals surface area contributed by atoms with Crippen LogP contribution in [0, 0.1) is 10.5 Å². The fourth-order valence-electron chi connectivity index (χ4n) is 2.70. The third kappa shape index (κ3) is 4.83. The Labute approximate surface area is 147 Å². The second-order valence-electron chi connectivity index (χ2n) is 5.44. The van der Waals surface area contributed by atoms with E-state index < -0.39 is 0 Å². The first-order chi connectivity index (χ1) is 9.63. The van der Waals surface area contributed by atoms with Crippen LogP contribution >= 0.6 is 35.0 Å². The fraction of sp³-hybridized carbons (Fsp3) is 0.562. The van der Waals surface area contributed by atoms with Crippen LogP contribution in [0.3, 0.4) is 0 Å². The van der Waals surface area contributed by atoms with E-state index in [2.05, 4.69) is 46.7 Å². The van der Waals surface area contributed by atoms with E-state index in [1.807, 2.05) is 18.2 Å². The quantitative estimate of drug-likeness (QED) is 0.752. The van der Waals surface area contributed by atoms with Crippen LogP contribution in [0.25, 0.3) is 0 Å². The van der Waals surface area contributed by atoms with E-state index in [0.29, 0.717) is 6.04 Å². The van der Waals surface area contributed by atoms with Gasteiger partial charge < -0.3 is 10.2 Å². The summed E-state index contributed by atoms with van der Waals surface area (Å²) in [7, 11) is 0. The van der Waals surface area contributed by atoms with E-state index in [-0.39, 0.29) is 18.3 Å². The molecule has 0 saturated carbocycles. The number of aryl methyl sites for hydroxylation is 1. The minimum Gasteiger partial charge on any atom is -0.336 e. The zero-order valence-electron chi connectivity index (χ0n) is 12.7. The molecule has 1 amide bonds. The Balaban J connectivity index is 0.00000220. The number of nitrogens with one attached hydrogen (secondary N) is 1. The van der Waals surface area contributed by atoms with Crippen LogP contribution < -0.4 is 5.32 Å². The van der Waals surface area contributed by atoms with Gasteiger partial charge in [-0.2, -0.15) is 0 Å². The first-order valence-corrected chi connectivity index (χ1v) is 8.49. The number of carbonyl (C=O) groups is 1. The van der Waals surface area contributed by atoms with Gasteiger partial charge in [0.25, 0.3) is 5.91 Å². The van der Waals surface area contributed by atoms with Gasteiger partial charge in [-0.3, -0.25) is 4.79 Å². The number of rotatable bonds is 4. The summed E-state index contributed by atoms with van der Waals surface area (Å²) in [6, 6.07) is 6.41. The van der Waals surface area contributed by atoms with Crippen LogP contribution in [0.4, 0.5) is 0 Å². The topological polar surface area (TPSA) is 32.3 Å². The average molecular weight is 423 g/mol. The summed E-state index contributed by atoms with van der Waals surface area (Å²) in [5.41, 5.74) is 2.05. The zero-order valence-corrected chi connectivity index (χ0v) is 15.7. The molecule has 0 radical (unpaired) electrons. The highest BCUT2D eigenvalue weighted by molar-refractivity contribution is 14.1. The van der Waals surface area contributed by atoms with Crippen LogP contribution in [0.15, 0.2) is 18.2 Å². The lowest BCUT2D eigenvalue weighted by Gasteiger charge is -2.34. The maximum Gasteiger partial charge on any atom is 0.254 e. The zero-order chi connectivity index (χ0) is 14.5. The van der Waals surface area contributed by atoms with Crippen molar-refractivity contribution in [2.24, 2.45) is 0 Å². The highest BCUT2D eigenvalue weighted by Crippen LogP contribution is 2.19. The van der Waals surface area contributed by atoms with Crippen molar-refractivity contribution in [2.45, 2.75) is 39.2 Å². The van der Waals surface area contributed by atoms with Gasteiger partial charge in [0, 0.05) is 21.7 Å². The number of nitrogens with zero attached hydrogens (tertiary/aromatic N) is 1. The number of halogens is 2. The van der Waals surface area contributed by atoms with E-state index >= 15 is 0 Å². The Morgan fingerprint density at radius 2 is 2.05 bits per heavy atom. The highest BCUT2D eigenvalue weighted by atomic mass is 127. The third-order valence-corrected chi connectivity index (χ3v) is 5.06. The molecular formula is C16H24ClIN2O. The van der Waals surface area contributed by atoms with Crippen molar-refractivity contribution in [2.75, 3.05) is 19.6 Å². The van der Waals surface area contributed by atoms with Gasteiger partial charge in [0.2, 0.25) is 0 Å². The van der Waals surface area contributed by atoms with Gasteiger partial charge >= 0.3 is 0 Å². The molecule has 1 aliphatic rings. The van der Waals surface area contributed by atoms with Crippen LogP contribution in [0.5, 0.6) is 0 Å².